The molecule has 0 saturated carbocycles. The van der Waals surface area contributed by atoms with Crippen LogP contribution in [0.25, 0.3) is 0 Å². The first-order chi connectivity index (χ1) is 30.6. The number of fused-ring (bicyclic) bond motifs is 1. The molecule has 21 heteroatoms. The van der Waals surface area contributed by atoms with Gasteiger partial charge >= 0.3 is 6.03 Å². The quantitative estimate of drug-likeness (QED) is 0.0319. The van der Waals surface area contributed by atoms with Crippen LogP contribution in [0.3, 0.4) is 0 Å². The summed E-state index contributed by atoms with van der Waals surface area (Å²) in [6.45, 7) is 3.37. The lowest BCUT2D eigenvalue weighted by molar-refractivity contribution is -0.129. The number of thioether (sulfide) groups is 1. The smallest absolute Gasteiger partial charge is 0.315 e. The van der Waals surface area contributed by atoms with Crippen LogP contribution in [-0.4, -0.2) is 153 Å². The fourth-order valence-corrected chi connectivity index (χ4v) is 8.52. The lowest BCUT2D eigenvalue weighted by Crippen LogP contribution is -2.53. The van der Waals surface area contributed by atoms with E-state index in [-0.39, 0.29) is 81.3 Å². The third kappa shape index (κ3) is 20.5. The average Bonchev–Trinajstić information content (AvgIpc) is 4.01. The van der Waals surface area contributed by atoms with E-state index >= 15 is 0 Å². The minimum atomic E-state index is -0.881. The molecule has 63 heavy (non-hydrogen) atoms. The lowest BCUT2D eigenvalue weighted by Gasteiger charge is -2.21. The molecule has 2 aliphatic heterocycles. The number of hydrogen-bond donors (Lipinski definition) is 9. The number of carbonyl (C=O) groups is 6. The van der Waals surface area contributed by atoms with Crippen LogP contribution >= 0.6 is 11.8 Å². The van der Waals surface area contributed by atoms with Gasteiger partial charge in [-0.3, -0.25) is 24.0 Å². The number of benzene rings is 1. The molecule has 2 aliphatic rings. The van der Waals surface area contributed by atoms with Gasteiger partial charge in [-0.25, -0.2) is 9.78 Å². The third-order valence-corrected chi connectivity index (χ3v) is 11.9. The van der Waals surface area contributed by atoms with Gasteiger partial charge in [0.25, 0.3) is 0 Å². The van der Waals surface area contributed by atoms with Crippen molar-refractivity contribution in [3.8, 4) is 0 Å². The number of hydrogen-bond acceptors (Lipinski definition) is 13. The van der Waals surface area contributed by atoms with Gasteiger partial charge in [0.1, 0.15) is 12.1 Å². The monoisotopic (exact) mass is 902 g/mol. The van der Waals surface area contributed by atoms with Crippen molar-refractivity contribution in [3.63, 3.8) is 0 Å². The summed E-state index contributed by atoms with van der Waals surface area (Å²) in [5.41, 5.74) is 13.2. The van der Waals surface area contributed by atoms with Crippen LogP contribution in [0.2, 0.25) is 0 Å². The van der Waals surface area contributed by atoms with Crippen molar-refractivity contribution in [3.05, 3.63) is 54.1 Å². The summed E-state index contributed by atoms with van der Waals surface area (Å²) in [5.74, 6) is -0.924. The van der Waals surface area contributed by atoms with Gasteiger partial charge in [-0.2, -0.15) is 11.8 Å². The van der Waals surface area contributed by atoms with Crippen LogP contribution in [0.1, 0.15) is 62.6 Å². The maximum atomic E-state index is 13.2. The molecule has 11 N–H and O–H groups in total. The van der Waals surface area contributed by atoms with Crippen LogP contribution in [-0.2, 0) is 55.8 Å². The van der Waals surface area contributed by atoms with E-state index in [1.165, 1.54) is 6.33 Å². The molecule has 4 rings (SSSR count). The summed E-state index contributed by atoms with van der Waals surface area (Å²) in [4.78, 5) is 81.0. The second kappa shape index (κ2) is 29.5. The molecular weight excluding hydrogens is 837 g/mol. The van der Waals surface area contributed by atoms with E-state index in [9.17, 15) is 28.8 Å². The zero-order valence-electron chi connectivity index (χ0n) is 35.9. The number of H-pyrrole nitrogens is 1. The number of nitrogens with zero attached hydrogens (tertiary/aromatic N) is 1. The first-order valence-electron chi connectivity index (χ1n) is 21.8. The summed E-state index contributed by atoms with van der Waals surface area (Å²) in [6, 6.07) is 7.04. The van der Waals surface area contributed by atoms with E-state index < -0.39 is 29.9 Å². The molecule has 3 heterocycles. The molecule has 1 aromatic heterocycles. The third-order valence-electron chi connectivity index (χ3n) is 10.4. The highest BCUT2D eigenvalue weighted by Gasteiger charge is 2.42. The van der Waals surface area contributed by atoms with Gasteiger partial charge in [0, 0.05) is 61.7 Å². The number of unbranched alkanes of at least 4 members (excludes halogenated alkanes) is 2. The number of urea groups is 1. The van der Waals surface area contributed by atoms with Crippen molar-refractivity contribution in [2.75, 3.05) is 71.7 Å². The summed E-state index contributed by atoms with van der Waals surface area (Å²) in [7, 11) is 0. The predicted octanol–water partition coefficient (Wildman–Crippen LogP) is -0.438. The molecule has 0 aliphatic carbocycles. The fraction of sp³-hybridized carbons (Fsp3) is 0.643. The molecular formula is C42H66N10O10S. The largest absolute Gasteiger partial charge is 0.379 e. The normalized spacial score (nSPS) is 18.0. The zero-order chi connectivity index (χ0) is 45.1. The lowest BCUT2D eigenvalue weighted by atomic mass is 10.0. The van der Waals surface area contributed by atoms with Crippen molar-refractivity contribution >= 4 is 47.3 Å². The highest BCUT2D eigenvalue weighted by Crippen LogP contribution is 2.33. The number of carbonyl (C=O) groups excluding carboxylic acids is 6. The number of imidazole rings is 1. The number of nitrogens with one attached hydrogen (secondary N) is 7. The second-order valence-electron chi connectivity index (χ2n) is 15.4. The van der Waals surface area contributed by atoms with Crippen molar-refractivity contribution in [2.45, 2.75) is 99.7 Å². The zero-order valence-corrected chi connectivity index (χ0v) is 36.8. The standard InChI is InChI=1S/C42H66N10O10S/c43-31(25-30-26-45-28-48-30)40(56)50-33(24-29-8-2-1-3-9-29)41(57)47-14-7-6-10-32(39(44)55)49-37(54)13-16-59-18-20-61-22-23-62-21-19-60-17-15-46-36(53)12-5-4-11-35-38-34(27-63-35)51-42(58)52-38/h1-3,8-9,26,28,31-35,38H,4-7,10-25,27,43H2,(H2,44,55)(H,45,48)(H,46,53)(H,47,57)(H,49,54)(H,50,56)(H2,51,52,58)/t31?,32?,33?,34-,35?,38-/m0/s1. The Morgan fingerprint density at radius 1 is 0.762 bits per heavy atom. The molecule has 20 nitrogen and oxygen atoms in total. The fourth-order valence-electron chi connectivity index (χ4n) is 6.98. The average molecular weight is 903 g/mol. The summed E-state index contributed by atoms with van der Waals surface area (Å²) >= 11 is 1.88. The Hall–Kier alpha value is -4.80. The van der Waals surface area contributed by atoms with Gasteiger partial charge in [-0.1, -0.05) is 36.8 Å². The maximum absolute atomic E-state index is 13.2. The van der Waals surface area contributed by atoms with Gasteiger partial charge in [0.05, 0.1) is 77.3 Å². The van der Waals surface area contributed by atoms with Crippen molar-refractivity contribution in [1.29, 1.82) is 0 Å². The Balaban J connectivity index is 0.933. The second-order valence-corrected chi connectivity index (χ2v) is 16.6. The Bertz CT molecular complexity index is 1680. The molecule has 0 radical (unpaired) electrons. The van der Waals surface area contributed by atoms with Crippen LogP contribution in [0.4, 0.5) is 4.79 Å². The van der Waals surface area contributed by atoms with E-state index in [1.54, 1.807) is 6.20 Å². The topological polar surface area (TPSA) is 292 Å². The Morgan fingerprint density at radius 3 is 2.17 bits per heavy atom. The molecule has 2 saturated heterocycles. The SMILES string of the molecule is NC(=O)C(CCCCNC(=O)C(Cc1ccccc1)NC(=O)C(N)Cc1cnc[nH]1)NC(=O)CCOCCOCCOCCOCCNC(=O)CCCCC1SC[C@@H]2NC(=O)N[C@H]12. The number of amides is 7. The number of primary amides is 1. The Morgan fingerprint density at radius 2 is 1.48 bits per heavy atom. The van der Waals surface area contributed by atoms with Gasteiger partial charge in [-0.15, -0.1) is 0 Å². The molecule has 4 unspecified atom stereocenters. The number of nitrogens with two attached hydrogens (primary N) is 2. The van der Waals surface area contributed by atoms with Crippen molar-refractivity contribution in [2.24, 2.45) is 11.5 Å². The van der Waals surface area contributed by atoms with Crippen LogP contribution in [0.5, 0.6) is 0 Å². The maximum Gasteiger partial charge on any atom is 0.315 e. The summed E-state index contributed by atoms with van der Waals surface area (Å²) in [5, 5.41) is 17.5. The van der Waals surface area contributed by atoms with Gasteiger partial charge in [0.15, 0.2) is 0 Å². The molecule has 2 aromatic rings. The van der Waals surface area contributed by atoms with Crippen LogP contribution in [0, 0.1) is 0 Å². The van der Waals surface area contributed by atoms with Gasteiger partial charge in [0.2, 0.25) is 29.5 Å². The highest BCUT2D eigenvalue weighted by atomic mass is 32.2. The van der Waals surface area contributed by atoms with E-state index in [0.29, 0.717) is 76.4 Å². The molecule has 0 spiro atoms. The van der Waals surface area contributed by atoms with E-state index in [4.69, 9.17) is 30.4 Å². The molecule has 350 valence electrons. The highest BCUT2D eigenvalue weighted by molar-refractivity contribution is 8.00. The molecule has 6 atom stereocenters. The van der Waals surface area contributed by atoms with E-state index in [1.807, 2.05) is 42.1 Å². The first-order valence-corrected chi connectivity index (χ1v) is 22.8. The minimum absolute atomic E-state index is 0.00714. The van der Waals surface area contributed by atoms with Crippen LogP contribution in [0.15, 0.2) is 42.9 Å². The minimum Gasteiger partial charge on any atom is -0.379 e. The summed E-state index contributed by atoms with van der Waals surface area (Å²) in [6.07, 6.45) is 8.13. The Kier molecular flexibility index (Phi) is 23.8. The van der Waals surface area contributed by atoms with Crippen LogP contribution < -0.4 is 43.4 Å². The number of aromatic amines is 1. The summed E-state index contributed by atoms with van der Waals surface area (Å²) < 4.78 is 22.0. The molecule has 7 amide bonds. The Labute approximate surface area is 372 Å². The van der Waals surface area contributed by atoms with E-state index in [0.717, 1.165) is 30.6 Å². The van der Waals surface area contributed by atoms with Crippen molar-refractivity contribution in [1.82, 2.24) is 41.9 Å². The number of ether oxygens (including phenoxy) is 4. The molecule has 1 aromatic carbocycles. The first kappa shape index (κ1) is 50.8. The molecule has 0 bridgehead atoms. The van der Waals surface area contributed by atoms with Gasteiger partial charge in [-0.05, 0) is 37.7 Å². The number of rotatable bonds is 34. The van der Waals surface area contributed by atoms with E-state index in [2.05, 4.69) is 41.9 Å². The molecule has 2 fully saturated rings. The predicted molar refractivity (Wildman–Crippen MR) is 235 cm³/mol. The van der Waals surface area contributed by atoms with Gasteiger partial charge < -0.3 is 67.3 Å². The van der Waals surface area contributed by atoms with Crippen molar-refractivity contribution < 1.29 is 47.7 Å². The number of aromatic nitrogens is 2.